The van der Waals surface area contributed by atoms with E-state index in [0.717, 1.165) is 13.0 Å². The first-order valence-electron chi connectivity index (χ1n) is 6.59. The predicted molar refractivity (Wildman–Crippen MR) is 75.6 cm³/mol. The molecule has 2 aromatic rings. The maximum absolute atomic E-state index is 3.63. The van der Waals surface area contributed by atoms with Crippen LogP contribution < -0.4 is 10.2 Å². The number of hydrogen-bond acceptors (Lipinski definition) is 2. The van der Waals surface area contributed by atoms with Crippen LogP contribution in [-0.2, 0) is 6.42 Å². The third-order valence-electron chi connectivity index (χ3n) is 4.06. The lowest BCUT2D eigenvalue weighted by Crippen LogP contribution is -2.13. The van der Waals surface area contributed by atoms with Gasteiger partial charge in [-0.15, -0.1) is 0 Å². The van der Waals surface area contributed by atoms with Crippen LogP contribution in [0.2, 0.25) is 0 Å². The molecule has 0 saturated carbocycles. The van der Waals surface area contributed by atoms with Gasteiger partial charge in [0.25, 0.3) is 0 Å². The van der Waals surface area contributed by atoms with Crippen molar-refractivity contribution in [2.45, 2.75) is 19.4 Å². The van der Waals surface area contributed by atoms with Crippen LogP contribution in [0.15, 0.2) is 42.5 Å². The lowest BCUT2D eigenvalue weighted by molar-refractivity contribution is 0.892. The topological polar surface area (TPSA) is 15.3 Å². The normalized spacial score (nSPS) is 19.8. The molecular weight excluding hydrogens is 220 g/mol. The molecule has 0 spiro atoms. The first-order chi connectivity index (χ1) is 8.84. The van der Waals surface area contributed by atoms with Gasteiger partial charge in [-0.25, -0.2) is 0 Å². The summed E-state index contributed by atoms with van der Waals surface area (Å²) in [4.78, 5) is 2.47. The lowest BCUT2D eigenvalue weighted by Gasteiger charge is -2.21. The molecule has 1 N–H and O–H groups in total. The Balaban J connectivity index is 2.02. The molecule has 0 saturated heterocycles. The fourth-order valence-electron chi connectivity index (χ4n) is 3.22. The minimum atomic E-state index is 0.365. The Hall–Kier alpha value is -1.96. The maximum atomic E-state index is 3.63. The zero-order chi connectivity index (χ0) is 12.1. The quantitative estimate of drug-likeness (QED) is 0.747. The molecule has 2 aromatic carbocycles. The van der Waals surface area contributed by atoms with E-state index in [2.05, 4.69) is 59.6 Å². The largest absolute Gasteiger partial charge is 0.377 e. The summed E-state index contributed by atoms with van der Waals surface area (Å²) in [6.45, 7) is 3.34. The molecule has 0 amide bonds. The molecule has 0 radical (unpaired) electrons. The van der Waals surface area contributed by atoms with Crippen molar-refractivity contribution in [1.82, 2.24) is 0 Å². The molecule has 2 aliphatic heterocycles. The Morgan fingerprint density at radius 1 is 1.11 bits per heavy atom. The summed E-state index contributed by atoms with van der Waals surface area (Å²) in [7, 11) is 0. The number of anilines is 3. The predicted octanol–water partition coefficient (Wildman–Crippen LogP) is 3.87. The zero-order valence-electron chi connectivity index (χ0n) is 10.5. The van der Waals surface area contributed by atoms with E-state index in [0.29, 0.717) is 6.04 Å². The van der Waals surface area contributed by atoms with Crippen LogP contribution in [0.4, 0.5) is 17.1 Å². The Morgan fingerprint density at radius 2 is 2.00 bits per heavy atom. The highest BCUT2D eigenvalue weighted by atomic mass is 15.2. The molecule has 0 fully saturated rings. The van der Waals surface area contributed by atoms with Gasteiger partial charge in [0.05, 0.1) is 17.4 Å². The van der Waals surface area contributed by atoms with Gasteiger partial charge >= 0.3 is 0 Å². The van der Waals surface area contributed by atoms with Gasteiger partial charge in [-0.2, -0.15) is 0 Å². The molecule has 2 nitrogen and oxygen atoms in total. The van der Waals surface area contributed by atoms with Crippen molar-refractivity contribution in [2.24, 2.45) is 0 Å². The standard InChI is InChI=1S/C16H16N2/c1-11-13-6-4-5-12-9-10-18(16(12)13)15-8-3-2-7-14(15)17-11/h2-8,11,17H,9-10H2,1H3/t11-/m1/s1. The van der Waals surface area contributed by atoms with Gasteiger partial charge in [0, 0.05) is 12.2 Å². The fourth-order valence-corrected chi connectivity index (χ4v) is 3.22. The molecule has 0 aliphatic carbocycles. The number of benzene rings is 2. The van der Waals surface area contributed by atoms with Crippen molar-refractivity contribution in [3.8, 4) is 0 Å². The average Bonchev–Trinajstić information content (AvgIpc) is 2.77. The van der Waals surface area contributed by atoms with E-state index >= 15 is 0 Å². The number of hydrogen-bond donors (Lipinski definition) is 1. The second-order valence-corrected chi connectivity index (χ2v) is 5.14. The number of fused-ring (bicyclic) bond motifs is 2. The molecule has 2 heterocycles. The van der Waals surface area contributed by atoms with E-state index in [9.17, 15) is 0 Å². The first-order valence-corrected chi connectivity index (χ1v) is 6.59. The number of para-hydroxylation sites is 3. The van der Waals surface area contributed by atoms with E-state index in [1.165, 1.54) is 28.2 Å². The summed E-state index contributed by atoms with van der Waals surface area (Å²) in [5.41, 5.74) is 6.89. The monoisotopic (exact) mass is 236 g/mol. The zero-order valence-corrected chi connectivity index (χ0v) is 10.5. The summed E-state index contributed by atoms with van der Waals surface area (Å²) in [6.07, 6.45) is 1.16. The minimum absolute atomic E-state index is 0.365. The highest BCUT2D eigenvalue weighted by Gasteiger charge is 2.29. The number of rotatable bonds is 0. The summed E-state index contributed by atoms with van der Waals surface area (Å²) < 4.78 is 0. The van der Waals surface area contributed by atoms with E-state index in [1.54, 1.807) is 0 Å². The Labute approximate surface area is 107 Å². The summed E-state index contributed by atoms with van der Waals surface area (Å²) >= 11 is 0. The van der Waals surface area contributed by atoms with E-state index in [4.69, 9.17) is 0 Å². The Bertz CT molecular complexity index is 618. The molecule has 1 atom stereocenters. The number of nitrogens with one attached hydrogen (secondary N) is 1. The SMILES string of the molecule is C[C@H]1Nc2ccccc2N2CCc3cccc1c32. The fraction of sp³-hybridized carbons (Fsp3) is 0.250. The summed E-state index contributed by atoms with van der Waals surface area (Å²) in [5.74, 6) is 0. The molecule has 2 aliphatic rings. The third kappa shape index (κ3) is 1.23. The minimum Gasteiger partial charge on any atom is -0.377 e. The van der Waals surface area contributed by atoms with Gasteiger partial charge in [0.15, 0.2) is 0 Å². The van der Waals surface area contributed by atoms with Crippen LogP contribution in [0, 0.1) is 0 Å². The molecule has 0 aromatic heterocycles. The molecule has 2 heteroatoms. The van der Waals surface area contributed by atoms with E-state index < -0.39 is 0 Å². The summed E-state index contributed by atoms with van der Waals surface area (Å²) in [6, 6.07) is 15.7. The van der Waals surface area contributed by atoms with Crippen molar-refractivity contribution in [2.75, 3.05) is 16.8 Å². The second-order valence-electron chi connectivity index (χ2n) is 5.14. The number of nitrogens with zero attached hydrogens (tertiary/aromatic N) is 1. The van der Waals surface area contributed by atoms with Crippen molar-refractivity contribution in [3.05, 3.63) is 53.6 Å². The molecule has 0 bridgehead atoms. The van der Waals surface area contributed by atoms with E-state index in [1.807, 2.05) is 0 Å². The van der Waals surface area contributed by atoms with Crippen LogP contribution >= 0.6 is 0 Å². The van der Waals surface area contributed by atoms with Gasteiger partial charge in [0.2, 0.25) is 0 Å². The molecule has 90 valence electrons. The lowest BCUT2D eigenvalue weighted by atomic mass is 10.0. The molecule has 4 rings (SSSR count). The molecule has 0 unspecified atom stereocenters. The van der Waals surface area contributed by atoms with Gasteiger partial charge in [-0.05, 0) is 36.6 Å². The van der Waals surface area contributed by atoms with Gasteiger partial charge < -0.3 is 10.2 Å². The van der Waals surface area contributed by atoms with Crippen molar-refractivity contribution >= 4 is 17.1 Å². The van der Waals surface area contributed by atoms with Crippen LogP contribution in [0.5, 0.6) is 0 Å². The average molecular weight is 236 g/mol. The Kier molecular flexibility index (Phi) is 1.95. The first kappa shape index (κ1) is 10.0. The van der Waals surface area contributed by atoms with Gasteiger partial charge in [-0.3, -0.25) is 0 Å². The van der Waals surface area contributed by atoms with Crippen LogP contribution in [0.1, 0.15) is 24.1 Å². The molecule has 18 heavy (non-hydrogen) atoms. The maximum Gasteiger partial charge on any atom is 0.0646 e. The van der Waals surface area contributed by atoms with Gasteiger partial charge in [0.1, 0.15) is 0 Å². The Morgan fingerprint density at radius 3 is 2.94 bits per heavy atom. The van der Waals surface area contributed by atoms with Crippen LogP contribution in [0.3, 0.4) is 0 Å². The summed E-state index contributed by atoms with van der Waals surface area (Å²) in [5, 5.41) is 3.63. The highest BCUT2D eigenvalue weighted by molar-refractivity contribution is 5.84. The van der Waals surface area contributed by atoms with Gasteiger partial charge in [-0.1, -0.05) is 30.3 Å². The molecular formula is C16H16N2. The van der Waals surface area contributed by atoms with E-state index in [-0.39, 0.29) is 0 Å². The van der Waals surface area contributed by atoms with Crippen molar-refractivity contribution < 1.29 is 0 Å². The van der Waals surface area contributed by atoms with Crippen LogP contribution in [-0.4, -0.2) is 6.54 Å². The smallest absolute Gasteiger partial charge is 0.0646 e. The van der Waals surface area contributed by atoms with Crippen LogP contribution in [0.25, 0.3) is 0 Å². The van der Waals surface area contributed by atoms with Crippen molar-refractivity contribution in [3.63, 3.8) is 0 Å². The second kappa shape index (κ2) is 3.52. The third-order valence-corrected chi connectivity index (χ3v) is 4.06. The highest BCUT2D eigenvalue weighted by Crippen LogP contribution is 2.45. The van der Waals surface area contributed by atoms with Crippen molar-refractivity contribution in [1.29, 1.82) is 0 Å².